The van der Waals surface area contributed by atoms with Crippen LogP contribution in [0.5, 0.6) is 5.75 Å². The Bertz CT molecular complexity index is 430. The van der Waals surface area contributed by atoms with Crippen LogP contribution >= 0.6 is 0 Å². The fraction of sp³-hybridized carbons (Fsp3) is 0.200. The van der Waals surface area contributed by atoms with Crippen molar-refractivity contribution in [1.82, 2.24) is 0 Å². The van der Waals surface area contributed by atoms with E-state index in [1.807, 2.05) is 0 Å². The van der Waals surface area contributed by atoms with E-state index in [0.717, 1.165) is 18.4 Å². The average molecular weight is 210 g/mol. The van der Waals surface area contributed by atoms with Crippen LogP contribution in [0.1, 0.15) is 12.7 Å². The Morgan fingerprint density at radius 3 is 3.00 bits per heavy atom. The van der Waals surface area contributed by atoms with Crippen molar-refractivity contribution in [2.24, 2.45) is 0 Å². The maximum absolute atomic E-state index is 11.0. The lowest BCUT2D eigenvalue weighted by Gasteiger charge is -1.95. The summed E-state index contributed by atoms with van der Waals surface area (Å²) in [6.07, 6.45) is 3.34. The summed E-state index contributed by atoms with van der Waals surface area (Å²) in [6, 6.07) is 1.07. The van der Waals surface area contributed by atoms with Crippen molar-refractivity contribution >= 4 is 12.0 Å². The zero-order valence-corrected chi connectivity index (χ0v) is 8.10. The second-order valence-corrected chi connectivity index (χ2v) is 2.62. The van der Waals surface area contributed by atoms with Gasteiger partial charge in [-0.25, -0.2) is 4.79 Å². The fourth-order valence-electron chi connectivity index (χ4n) is 0.847. The quantitative estimate of drug-likeness (QED) is 0.593. The summed E-state index contributed by atoms with van der Waals surface area (Å²) in [5.41, 5.74) is -0.565. The predicted molar refractivity (Wildman–Crippen MR) is 52.3 cm³/mol. The number of aromatic hydroxyl groups is 1. The summed E-state index contributed by atoms with van der Waals surface area (Å²) in [5.74, 6) is -0.817. The molecule has 0 radical (unpaired) electrons. The smallest absolute Gasteiger partial charge is 0.330 e. The Morgan fingerprint density at radius 2 is 2.40 bits per heavy atom. The molecule has 15 heavy (non-hydrogen) atoms. The Balaban J connectivity index is 2.77. The maximum Gasteiger partial charge on any atom is 0.330 e. The molecule has 0 saturated heterocycles. The summed E-state index contributed by atoms with van der Waals surface area (Å²) in [4.78, 5) is 21.8. The number of hydrogen-bond acceptors (Lipinski definition) is 5. The maximum atomic E-state index is 11.0. The zero-order chi connectivity index (χ0) is 11.3. The first-order valence-corrected chi connectivity index (χ1v) is 4.30. The molecule has 0 fully saturated rings. The first kappa shape index (κ1) is 11.0. The molecule has 0 aliphatic rings. The van der Waals surface area contributed by atoms with E-state index in [9.17, 15) is 9.59 Å². The van der Waals surface area contributed by atoms with Crippen LogP contribution in [-0.2, 0) is 9.53 Å². The molecule has 5 nitrogen and oxygen atoms in total. The van der Waals surface area contributed by atoms with Gasteiger partial charge in [-0.2, -0.15) is 0 Å². The molecule has 0 aliphatic carbocycles. The molecular formula is C10H10O5. The highest BCUT2D eigenvalue weighted by Crippen LogP contribution is 2.04. The summed E-state index contributed by atoms with van der Waals surface area (Å²) in [7, 11) is 0. The highest BCUT2D eigenvalue weighted by Gasteiger charge is 1.99. The number of carbonyl (C=O) groups excluding carboxylic acids is 1. The number of ether oxygens (including phenoxy) is 1. The van der Waals surface area contributed by atoms with E-state index in [2.05, 4.69) is 4.74 Å². The van der Waals surface area contributed by atoms with Crippen molar-refractivity contribution in [2.45, 2.75) is 6.92 Å². The summed E-state index contributed by atoms with van der Waals surface area (Å²) >= 11 is 0. The average Bonchev–Trinajstić information content (AvgIpc) is 2.20. The van der Waals surface area contributed by atoms with E-state index in [1.54, 1.807) is 6.92 Å². The van der Waals surface area contributed by atoms with Crippen LogP contribution < -0.4 is 5.43 Å². The van der Waals surface area contributed by atoms with Gasteiger partial charge in [0.25, 0.3) is 0 Å². The van der Waals surface area contributed by atoms with Crippen LogP contribution in [0, 0.1) is 0 Å². The van der Waals surface area contributed by atoms with Gasteiger partial charge in [-0.3, -0.25) is 4.79 Å². The van der Waals surface area contributed by atoms with Crippen LogP contribution in [0.2, 0.25) is 0 Å². The van der Waals surface area contributed by atoms with E-state index in [1.165, 1.54) is 6.08 Å². The van der Waals surface area contributed by atoms with Gasteiger partial charge in [-0.05, 0) is 13.0 Å². The number of esters is 1. The molecule has 0 spiro atoms. The van der Waals surface area contributed by atoms with Crippen molar-refractivity contribution in [3.05, 3.63) is 34.4 Å². The molecule has 1 heterocycles. The second kappa shape index (κ2) is 4.99. The van der Waals surface area contributed by atoms with Gasteiger partial charge in [0.15, 0.2) is 5.75 Å². The van der Waals surface area contributed by atoms with E-state index in [-0.39, 0.29) is 12.4 Å². The molecule has 0 aliphatic heterocycles. The fourth-order valence-corrected chi connectivity index (χ4v) is 0.847. The van der Waals surface area contributed by atoms with Gasteiger partial charge in [-0.15, -0.1) is 0 Å². The van der Waals surface area contributed by atoms with Gasteiger partial charge in [0.05, 0.1) is 6.61 Å². The molecule has 1 rings (SSSR count). The molecule has 0 saturated carbocycles. The van der Waals surface area contributed by atoms with Crippen molar-refractivity contribution in [1.29, 1.82) is 0 Å². The molecule has 5 heteroatoms. The van der Waals surface area contributed by atoms with Crippen LogP contribution in [-0.4, -0.2) is 17.7 Å². The third kappa shape index (κ3) is 3.30. The van der Waals surface area contributed by atoms with Gasteiger partial charge in [0.2, 0.25) is 5.43 Å². The molecular weight excluding hydrogens is 200 g/mol. The summed E-state index contributed by atoms with van der Waals surface area (Å²) in [6.45, 7) is 1.97. The lowest BCUT2D eigenvalue weighted by molar-refractivity contribution is -0.137. The molecule has 0 aromatic carbocycles. The molecule has 0 unspecified atom stereocenters. The van der Waals surface area contributed by atoms with Crippen molar-refractivity contribution in [3.63, 3.8) is 0 Å². The van der Waals surface area contributed by atoms with E-state index >= 15 is 0 Å². The zero-order valence-electron chi connectivity index (χ0n) is 8.10. The first-order chi connectivity index (χ1) is 7.13. The predicted octanol–water partition coefficient (Wildman–Crippen LogP) is 0.922. The highest BCUT2D eigenvalue weighted by molar-refractivity contribution is 5.86. The Hall–Kier alpha value is -2.04. The van der Waals surface area contributed by atoms with E-state index in [4.69, 9.17) is 9.52 Å². The molecule has 0 atom stereocenters. The van der Waals surface area contributed by atoms with Crippen LogP contribution in [0.15, 0.2) is 27.6 Å². The molecule has 80 valence electrons. The van der Waals surface area contributed by atoms with Crippen molar-refractivity contribution in [2.75, 3.05) is 6.61 Å². The lowest BCUT2D eigenvalue weighted by atomic mass is 10.3. The van der Waals surface area contributed by atoms with Crippen molar-refractivity contribution < 1.29 is 19.1 Å². The molecule has 1 aromatic rings. The van der Waals surface area contributed by atoms with Crippen LogP contribution in [0.4, 0.5) is 0 Å². The Morgan fingerprint density at radius 1 is 1.67 bits per heavy atom. The van der Waals surface area contributed by atoms with Crippen LogP contribution in [0.3, 0.4) is 0 Å². The van der Waals surface area contributed by atoms with Gasteiger partial charge < -0.3 is 14.3 Å². The van der Waals surface area contributed by atoms with E-state index in [0.29, 0.717) is 0 Å². The molecule has 1 aromatic heterocycles. The largest absolute Gasteiger partial charge is 0.502 e. The van der Waals surface area contributed by atoms with E-state index < -0.39 is 17.1 Å². The van der Waals surface area contributed by atoms with Gasteiger partial charge >= 0.3 is 5.97 Å². The lowest BCUT2D eigenvalue weighted by Crippen LogP contribution is -2.00. The molecule has 1 N–H and O–H groups in total. The normalized spacial score (nSPS) is 10.5. The number of rotatable bonds is 3. The minimum atomic E-state index is -0.565. The Kier molecular flexibility index (Phi) is 3.68. The van der Waals surface area contributed by atoms with Crippen molar-refractivity contribution in [3.8, 4) is 5.75 Å². The first-order valence-electron chi connectivity index (χ1n) is 4.30. The highest BCUT2D eigenvalue weighted by atomic mass is 16.5. The number of hydrogen-bond donors (Lipinski definition) is 1. The molecule has 0 bridgehead atoms. The third-order valence-corrected chi connectivity index (χ3v) is 1.50. The topological polar surface area (TPSA) is 76.7 Å². The molecule has 0 amide bonds. The van der Waals surface area contributed by atoms with Gasteiger partial charge in [-0.1, -0.05) is 0 Å². The SMILES string of the molecule is CCOC(=O)/C=C/c1cc(=O)c(O)co1. The third-order valence-electron chi connectivity index (χ3n) is 1.50. The monoisotopic (exact) mass is 210 g/mol. The summed E-state index contributed by atoms with van der Waals surface area (Å²) < 4.78 is 9.45. The second-order valence-electron chi connectivity index (χ2n) is 2.62. The van der Waals surface area contributed by atoms with Gasteiger partial charge in [0.1, 0.15) is 12.0 Å². The summed E-state index contributed by atoms with van der Waals surface area (Å²) in [5, 5.41) is 8.88. The van der Waals surface area contributed by atoms with Crippen LogP contribution in [0.25, 0.3) is 6.08 Å². The minimum Gasteiger partial charge on any atom is -0.502 e. The number of carbonyl (C=O) groups is 1. The van der Waals surface area contributed by atoms with Gasteiger partial charge in [0, 0.05) is 12.1 Å². The minimum absolute atomic E-state index is 0.172. The standard InChI is InChI=1S/C10H10O5/c1-2-14-10(13)4-3-7-5-8(11)9(12)6-15-7/h3-6,12H,2H2,1H3/b4-3+. The Labute approximate surface area is 85.6 Å².